The predicted octanol–water partition coefficient (Wildman–Crippen LogP) is 4.73. The van der Waals surface area contributed by atoms with E-state index >= 15 is 0 Å². The van der Waals surface area contributed by atoms with Crippen LogP contribution in [0.15, 0.2) is 53.0 Å². The summed E-state index contributed by atoms with van der Waals surface area (Å²) in [4.78, 5) is 18.7. The maximum absolute atomic E-state index is 12.9. The second-order valence-corrected chi connectivity index (χ2v) is 7.34. The average molecular weight is 367 g/mol. The van der Waals surface area contributed by atoms with Crippen molar-refractivity contribution in [2.24, 2.45) is 0 Å². The number of nitrogens with one attached hydrogen (secondary N) is 1. The topological polar surface area (TPSA) is 56.1 Å². The molecule has 0 bridgehead atoms. The van der Waals surface area contributed by atoms with Gasteiger partial charge in [-0.2, -0.15) is 0 Å². The van der Waals surface area contributed by atoms with Gasteiger partial charge in [-0.3, -0.25) is 4.57 Å². The van der Waals surface area contributed by atoms with Gasteiger partial charge in [-0.1, -0.05) is 31.5 Å². The van der Waals surface area contributed by atoms with Gasteiger partial charge in [0.25, 0.3) is 0 Å². The molecule has 26 heavy (non-hydrogen) atoms. The van der Waals surface area contributed by atoms with Crippen LogP contribution < -0.4 is 5.32 Å². The van der Waals surface area contributed by atoms with Gasteiger partial charge in [0.2, 0.25) is 5.95 Å². The van der Waals surface area contributed by atoms with E-state index in [1.54, 1.807) is 11.3 Å². The van der Waals surface area contributed by atoms with Crippen molar-refractivity contribution in [3.05, 3.63) is 57.9 Å². The molecule has 0 aliphatic carbocycles. The van der Waals surface area contributed by atoms with Crippen molar-refractivity contribution in [3.8, 4) is 0 Å². The first kappa shape index (κ1) is 16.8. The summed E-state index contributed by atoms with van der Waals surface area (Å²) in [6.45, 7) is 4.44. The summed E-state index contributed by atoms with van der Waals surface area (Å²) < 4.78 is 7.66. The highest BCUT2D eigenvalue weighted by molar-refractivity contribution is 7.10. The van der Waals surface area contributed by atoms with Gasteiger partial charge in [-0.05, 0) is 36.9 Å². The predicted molar refractivity (Wildman–Crippen MR) is 104 cm³/mol. The number of carbonyl (C=O) groups excluding carboxylic acids is 1. The number of nitrogens with zero attached hydrogens (tertiary/aromatic N) is 2. The zero-order chi connectivity index (χ0) is 18.1. The largest absolute Gasteiger partial charge is 0.462 e. The van der Waals surface area contributed by atoms with Crippen LogP contribution in [0.25, 0.3) is 11.0 Å². The molecule has 0 saturated heterocycles. The van der Waals surface area contributed by atoms with E-state index in [1.807, 2.05) is 42.6 Å². The molecule has 3 heterocycles. The third-order valence-corrected chi connectivity index (χ3v) is 5.52. The molecule has 6 heteroatoms. The summed E-state index contributed by atoms with van der Waals surface area (Å²) in [7, 11) is 0. The van der Waals surface area contributed by atoms with Gasteiger partial charge in [0.05, 0.1) is 23.2 Å². The molecule has 0 fully saturated rings. The number of unbranched alkanes of at least 4 members (excludes halogenated alkanes) is 1. The third-order valence-electron chi connectivity index (χ3n) is 4.59. The zero-order valence-corrected chi connectivity index (χ0v) is 15.7. The fraction of sp³-hybridized carbons (Fsp3) is 0.300. The van der Waals surface area contributed by atoms with Gasteiger partial charge >= 0.3 is 5.97 Å². The highest BCUT2D eigenvalue weighted by Crippen LogP contribution is 2.40. The number of rotatable bonds is 5. The molecule has 3 aromatic rings. The number of anilines is 1. The number of ether oxygens (including phenoxy) is 1. The molecule has 1 aliphatic heterocycles. The summed E-state index contributed by atoms with van der Waals surface area (Å²) in [5.41, 5.74) is 3.36. The molecule has 0 amide bonds. The highest BCUT2D eigenvalue weighted by atomic mass is 32.1. The number of para-hydroxylation sites is 2. The molecular formula is C20H21N3O2S. The molecule has 5 nitrogen and oxygen atoms in total. The minimum atomic E-state index is -0.259. The van der Waals surface area contributed by atoms with E-state index in [-0.39, 0.29) is 12.0 Å². The maximum atomic E-state index is 12.9. The number of aromatic nitrogens is 2. The van der Waals surface area contributed by atoms with E-state index in [0.717, 1.165) is 40.4 Å². The Labute approximate surface area is 156 Å². The van der Waals surface area contributed by atoms with Crippen LogP contribution in [-0.4, -0.2) is 22.1 Å². The molecule has 1 aromatic carbocycles. The van der Waals surface area contributed by atoms with Crippen LogP contribution in [0.2, 0.25) is 0 Å². The Morgan fingerprint density at radius 3 is 2.92 bits per heavy atom. The molecule has 0 saturated carbocycles. The van der Waals surface area contributed by atoms with Gasteiger partial charge in [0, 0.05) is 10.6 Å². The number of allylic oxidation sites excluding steroid dienone is 1. The Bertz CT molecular complexity index is 972. The zero-order valence-electron chi connectivity index (χ0n) is 14.9. The molecule has 134 valence electrons. The van der Waals surface area contributed by atoms with Crippen molar-refractivity contribution in [2.75, 3.05) is 11.9 Å². The van der Waals surface area contributed by atoms with Crippen LogP contribution in [0.3, 0.4) is 0 Å². The van der Waals surface area contributed by atoms with Crippen molar-refractivity contribution in [1.29, 1.82) is 0 Å². The van der Waals surface area contributed by atoms with E-state index in [4.69, 9.17) is 9.72 Å². The monoisotopic (exact) mass is 367 g/mol. The Morgan fingerprint density at radius 2 is 2.15 bits per heavy atom. The average Bonchev–Trinajstić information content (AvgIpc) is 3.28. The number of fused-ring (bicyclic) bond motifs is 3. The summed E-state index contributed by atoms with van der Waals surface area (Å²) in [6, 6.07) is 11.8. The lowest BCUT2D eigenvalue weighted by atomic mass is 10.0. The van der Waals surface area contributed by atoms with E-state index in [2.05, 4.69) is 22.9 Å². The lowest BCUT2D eigenvalue weighted by Crippen LogP contribution is -2.28. The van der Waals surface area contributed by atoms with Crippen molar-refractivity contribution < 1.29 is 9.53 Å². The Morgan fingerprint density at radius 1 is 1.31 bits per heavy atom. The molecule has 1 atom stereocenters. The molecule has 0 unspecified atom stereocenters. The summed E-state index contributed by atoms with van der Waals surface area (Å²) >= 11 is 1.64. The van der Waals surface area contributed by atoms with Crippen molar-refractivity contribution in [3.63, 3.8) is 0 Å². The summed E-state index contributed by atoms with van der Waals surface area (Å²) in [5, 5.41) is 5.33. The van der Waals surface area contributed by atoms with E-state index < -0.39 is 0 Å². The normalized spacial score (nSPS) is 16.5. The summed E-state index contributed by atoms with van der Waals surface area (Å²) in [5.74, 6) is 0.498. The minimum Gasteiger partial charge on any atom is -0.462 e. The van der Waals surface area contributed by atoms with Gasteiger partial charge in [0.1, 0.15) is 6.04 Å². The fourth-order valence-electron chi connectivity index (χ4n) is 3.33. The first-order chi connectivity index (χ1) is 12.7. The molecule has 4 rings (SSSR count). The van der Waals surface area contributed by atoms with Gasteiger partial charge < -0.3 is 10.1 Å². The number of thiophene rings is 1. The second kappa shape index (κ2) is 6.96. The highest BCUT2D eigenvalue weighted by Gasteiger charge is 2.35. The van der Waals surface area contributed by atoms with E-state index in [0.29, 0.717) is 12.2 Å². The first-order valence-electron chi connectivity index (χ1n) is 8.86. The summed E-state index contributed by atoms with van der Waals surface area (Å²) in [6.07, 6.45) is 1.86. The number of carbonyl (C=O) groups is 1. The number of benzene rings is 1. The molecule has 0 spiro atoms. The smallest absolute Gasteiger partial charge is 0.338 e. The molecule has 2 aromatic heterocycles. The minimum absolute atomic E-state index is 0.229. The van der Waals surface area contributed by atoms with Crippen LogP contribution in [0.4, 0.5) is 5.95 Å². The first-order valence-corrected chi connectivity index (χ1v) is 9.74. The van der Waals surface area contributed by atoms with Crippen LogP contribution >= 0.6 is 11.3 Å². The van der Waals surface area contributed by atoms with Crippen molar-refractivity contribution in [2.45, 2.75) is 32.7 Å². The van der Waals surface area contributed by atoms with E-state index in [9.17, 15) is 4.79 Å². The van der Waals surface area contributed by atoms with Crippen LogP contribution in [0.1, 0.15) is 37.6 Å². The van der Waals surface area contributed by atoms with Crippen molar-refractivity contribution in [1.82, 2.24) is 9.55 Å². The Hall–Kier alpha value is -2.60. The molecule has 1 N–H and O–H groups in total. The number of hydrogen-bond acceptors (Lipinski definition) is 5. The number of imidazole rings is 1. The fourth-order valence-corrected chi connectivity index (χ4v) is 4.15. The lowest BCUT2D eigenvalue weighted by Gasteiger charge is -2.29. The van der Waals surface area contributed by atoms with E-state index in [1.165, 1.54) is 0 Å². The van der Waals surface area contributed by atoms with Gasteiger partial charge in [-0.25, -0.2) is 9.78 Å². The lowest BCUT2D eigenvalue weighted by molar-refractivity contribution is -0.139. The molecule has 0 radical (unpaired) electrons. The Kier molecular flexibility index (Phi) is 4.51. The van der Waals surface area contributed by atoms with Crippen LogP contribution in [0, 0.1) is 0 Å². The quantitative estimate of drug-likeness (QED) is 0.523. The molecular weight excluding hydrogens is 346 g/mol. The van der Waals surface area contributed by atoms with Crippen molar-refractivity contribution >= 4 is 34.3 Å². The Balaban J connectivity index is 1.84. The molecule has 1 aliphatic rings. The standard InChI is InChI=1S/C20H21N3O2S/c1-3-4-11-25-19(24)17-13(2)21-20-22-14-8-5-6-9-15(14)23(20)18(17)16-10-7-12-26-16/h5-10,12,18H,3-4,11H2,1-2H3,(H,21,22)/t18-/m0/s1. The maximum Gasteiger partial charge on any atom is 0.338 e. The SMILES string of the molecule is CCCCOC(=O)C1=C(C)Nc2nc3ccccc3n2[C@H]1c1cccs1. The third kappa shape index (κ3) is 2.80. The van der Waals surface area contributed by atoms with Gasteiger partial charge in [0.15, 0.2) is 0 Å². The number of esters is 1. The second-order valence-electron chi connectivity index (χ2n) is 6.37. The van der Waals surface area contributed by atoms with Gasteiger partial charge in [-0.15, -0.1) is 11.3 Å². The van der Waals surface area contributed by atoms with Crippen LogP contribution in [0.5, 0.6) is 0 Å². The number of hydrogen-bond donors (Lipinski definition) is 1. The van der Waals surface area contributed by atoms with Crippen LogP contribution in [-0.2, 0) is 9.53 Å².